The molecule has 0 saturated heterocycles. The van der Waals surface area contributed by atoms with E-state index in [1.165, 1.54) is 0 Å². The first kappa shape index (κ1) is 13.3. The lowest BCUT2D eigenvalue weighted by Crippen LogP contribution is -2.06. The van der Waals surface area contributed by atoms with Crippen LogP contribution in [-0.2, 0) is 0 Å². The first-order valence-electron chi connectivity index (χ1n) is 6.83. The summed E-state index contributed by atoms with van der Waals surface area (Å²) in [4.78, 5) is 9.25. The maximum Gasteiger partial charge on any atom is 0.154 e. The molecule has 1 aromatic carbocycles. The van der Waals surface area contributed by atoms with Crippen LogP contribution in [0.1, 0.15) is 11.4 Å². The van der Waals surface area contributed by atoms with Gasteiger partial charge < -0.3 is 5.32 Å². The van der Waals surface area contributed by atoms with Crippen molar-refractivity contribution in [2.24, 2.45) is 0 Å². The average Bonchev–Trinajstić information content (AvgIpc) is 2.99. The molecule has 0 aliphatic rings. The molecule has 0 saturated carbocycles. The lowest BCUT2D eigenvalue weighted by Gasteiger charge is -2.12. The molecule has 0 spiro atoms. The normalized spacial score (nSPS) is 10.6. The summed E-state index contributed by atoms with van der Waals surface area (Å²) >= 11 is 0. The van der Waals surface area contributed by atoms with Gasteiger partial charge in [0.05, 0.1) is 29.0 Å². The van der Waals surface area contributed by atoms with Gasteiger partial charge in [0.25, 0.3) is 0 Å². The third-order valence-electron chi connectivity index (χ3n) is 3.43. The van der Waals surface area contributed by atoms with Crippen molar-refractivity contribution in [1.29, 1.82) is 0 Å². The Morgan fingerprint density at radius 2 is 1.67 bits per heavy atom. The second kappa shape index (κ2) is 5.36. The summed E-state index contributed by atoms with van der Waals surface area (Å²) in [5.74, 6) is 0.760. The smallest absolute Gasteiger partial charge is 0.154 e. The molecule has 21 heavy (non-hydrogen) atoms. The summed E-state index contributed by atoms with van der Waals surface area (Å²) in [6.45, 7) is 3.93. The molecule has 0 atom stereocenters. The van der Waals surface area contributed by atoms with Gasteiger partial charge in [0.2, 0.25) is 0 Å². The average molecular weight is 279 g/mol. The topological polar surface area (TPSA) is 55.6 Å². The highest BCUT2D eigenvalue weighted by Gasteiger charge is 2.15. The van der Waals surface area contributed by atoms with Gasteiger partial charge in [0.15, 0.2) is 5.82 Å². The number of para-hydroxylation sites is 1. The molecule has 5 heteroatoms. The molecule has 3 aromatic rings. The van der Waals surface area contributed by atoms with E-state index in [1.807, 2.05) is 62.0 Å². The van der Waals surface area contributed by atoms with E-state index >= 15 is 0 Å². The fraction of sp³-hybridized carbons (Fsp3) is 0.188. The molecular formula is C16H17N5. The molecule has 0 radical (unpaired) electrons. The summed E-state index contributed by atoms with van der Waals surface area (Å²) < 4.78 is 1.87. The van der Waals surface area contributed by atoms with E-state index in [1.54, 1.807) is 6.20 Å². The van der Waals surface area contributed by atoms with Crippen LogP contribution in [-0.4, -0.2) is 26.8 Å². The monoisotopic (exact) mass is 279 g/mol. The molecule has 0 aliphatic carbocycles. The predicted molar refractivity (Wildman–Crippen MR) is 83.6 cm³/mol. The van der Waals surface area contributed by atoms with Gasteiger partial charge in [-0.3, -0.25) is 0 Å². The van der Waals surface area contributed by atoms with E-state index in [0.29, 0.717) is 0 Å². The lowest BCUT2D eigenvalue weighted by molar-refractivity contribution is 0.880. The molecule has 0 aliphatic heterocycles. The largest absolute Gasteiger partial charge is 0.371 e. The van der Waals surface area contributed by atoms with Gasteiger partial charge in [-0.2, -0.15) is 5.10 Å². The number of aromatic nitrogens is 4. The number of rotatable bonds is 3. The number of hydrogen-bond acceptors (Lipinski definition) is 4. The SMILES string of the molecule is CNc1nc(C)c(C)nc1-c1ccnn1-c1ccccc1. The van der Waals surface area contributed by atoms with Gasteiger partial charge in [-0.05, 0) is 32.0 Å². The number of nitrogens with zero attached hydrogens (tertiary/aromatic N) is 4. The van der Waals surface area contributed by atoms with Gasteiger partial charge in [0.1, 0.15) is 5.69 Å². The van der Waals surface area contributed by atoms with Crippen LogP contribution in [0.3, 0.4) is 0 Å². The Hall–Kier alpha value is -2.69. The molecule has 5 nitrogen and oxygen atoms in total. The summed E-state index contributed by atoms with van der Waals surface area (Å²) in [6, 6.07) is 12.0. The Balaban J connectivity index is 2.19. The Morgan fingerprint density at radius 3 is 2.38 bits per heavy atom. The van der Waals surface area contributed by atoms with Crippen LogP contribution in [0.25, 0.3) is 17.1 Å². The van der Waals surface area contributed by atoms with Crippen molar-refractivity contribution in [2.75, 3.05) is 12.4 Å². The van der Waals surface area contributed by atoms with Crippen LogP contribution in [0.15, 0.2) is 42.6 Å². The highest BCUT2D eigenvalue weighted by molar-refractivity contribution is 5.70. The van der Waals surface area contributed by atoms with Gasteiger partial charge in [-0.15, -0.1) is 0 Å². The van der Waals surface area contributed by atoms with Crippen molar-refractivity contribution in [2.45, 2.75) is 13.8 Å². The first-order chi connectivity index (χ1) is 10.2. The third-order valence-corrected chi connectivity index (χ3v) is 3.43. The maximum absolute atomic E-state index is 4.69. The molecule has 0 amide bonds. The van der Waals surface area contributed by atoms with Crippen molar-refractivity contribution < 1.29 is 0 Å². The number of anilines is 1. The number of nitrogens with one attached hydrogen (secondary N) is 1. The predicted octanol–water partition coefficient (Wildman–Crippen LogP) is 2.99. The molecular weight excluding hydrogens is 262 g/mol. The lowest BCUT2D eigenvalue weighted by atomic mass is 10.2. The van der Waals surface area contributed by atoms with Crippen molar-refractivity contribution in [3.63, 3.8) is 0 Å². The standard InChI is InChI=1S/C16H17N5/c1-11-12(2)20-16(17-3)15(19-11)14-9-10-18-21(14)13-7-5-4-6-8-13/h4-10H,1-3H3,(H,17,20). The summed E-state index contributed by atoms with van der Waals surface area (Å²) in [6.07, 6.45) is 1.78. The van der Waals surface area contributed by atoms with Gasteiger partial charge in [-0.1, -0.05) is 18.2 Å². The highest BCUT2D eigenvalue weighted by Crippen LogP contribution is 2.27. The molecule has 0 bridgehead atoms. The molecule has 3 rings (SSSR count). The van der Waals surface area contributed by atoms with Crippen molar-refractivity contribution in [3.05, 3.63) is 54.0 Å². The molecule has 106 valence electrons. The number of benzene rings is 1. The van der Waals surface area contributed by atoms with E-state index in [9.17, 15) is 0 Å². The van der Waals surface area contributed by atoms with Crippen LogP contribution in [0.4, 0.5) is 5.82 Å². The van der Waals surface area contributed by atoms with Gasteiger partial charge >= 0.3 is 0 Å². The molecule has 0 unspecified atom stereocenters. The minimum atomic E-state index is 0.760. The minimum absolute atomic E-state index is 0.760. The zero-order chi connectivity index (χ0) is 14.8. The fourth-order valence-corrected chi connectivity index (χ4v) is 2.21. The minimum Gasteiger partial charge on any atom is -0.371 e. The summed E-state index contributed by atoms with van der Waals surface area (Å²) in [5, 5.41) is 7.53. The van der Waals surface area contributed by atoms with E-state index in [2.05, 4.69) is 20.4 Å². The fourth-order valence-electron chi connectivity index (χ4n) is 2.21. The maximum atomic E-state index is 4.69. The van der Waals surface area contributed by atoms with Crippen LogP contribution in [0.5, 0.6) is 0 Å². The first-order valence-corrected chi connectivity index (χ1v) is 6.83. The van der Waals surface area contributed by atoms with Gasteiger partial charge in [-0.25, -0.2) is 14.6 Å². The Bertz CT molecular complexity index is 762. The zero-order valence-electron chi connectivity index (χ0n) is 12.3. The van der Waals surface area contributed by atoms with Crippen LogP contribution >= 0.6 is 0 Å². The van der Waals surface area contributed by atoms with E-state index in [-0.39, 0.29) is 0 Å². The Labute approximate surface area is 123 Å². The molecule has 2 aromatic heterocycles. The Kier molecular flexibility index (Phi) is 3.39. The van der Waals surface area contributed by atoms with Crippen molar-refractivity contribution in [3.8, 4) is 17.1 Å². The number of hydrogen-bond donors (Lipinski definition) is 1. The van der Waals surface area contributed by atoms with E-state index in [0.717, 1.165) is 34.3 Å². The van der Waals surface area contributed by atoms with Crippen molar-refractivity contribution in [1.82, 2.24) is 19.7 Å². The van der Waals surface area contributed by atoms with E-state index in [4.69, 9.17) is 0 Å². The zero-order valence-corrected chi connectivity index (χ0v) is 12.3. The van der Waals surface area contributed by atoms with Gasteiger partial charge in [0, 0.05) is 7.05 Å². The quantitative estimate of drug-likeness (QED) is 0.800. The highest BCUT2D eigenvalue weighted by atomic mass is 15.3. The van der Waals surface area contributed by atoms with Crippen molar-refractivity contribution >= 4 is 5.82 Å². The second-order valence-corrected chi connectivity index (χ2v) is 4.81. The van der Waals surface area contributed by atoms with Crippen LogP contribution in [0.2, 0.25) is 0 Å². The molecule has 2 heterocycles. The third kappa shape index (κ3) is 2.38. The molecule has 1 N–H and O–H groups in total. The summed E-state index contributed by atoms with van der Waals surface area (Å²) in [7, 11) is 1.85. The van der Waals surface area contributed by atoms with Crippen LogP contribution < -0.4 is 5.32 Å². The van der Waals surface area contributed by atoms with E-state index < -0.39 is 0 Å². The Morgan fingerprint density at radius 1 is 0.952 bits per heavy atom. The van der Waals surface area contributed by atoms with Crippen LogP contribution in [0, 0.1) is 13.8 Å². The second-order valence-electron chi connectivity index (χ2n) is 4.81. The number of aryl methyl sites for hydroxylation is 2. The molecule has 0 fully saturated rings. The summed E-state index contributed by atoms with van der Waals surface area (Å²) in [5.41, 5.74) is 4.57.